The van der Waals surface area contributed by atoms with Crippen LogP contribution in [0.3, 0.4) is 0 Å². The molecule has 1 saturated heterocycles. The summed E-state index contributed by atoms with van der Waals surface area (Å²) >= 11 is 0. The monoisotopic (exact) mass is 407 g/mol. The number of benzene rings is 1. The smallest absolute Gasteiger partial charge is 0.273 e. The van der Waals surface area contributed by atoms with E-state index in [1.807, 2.05) is 13.0 Å². The highest BCUT2D eigenvalue weighted by Crippen LogP contribution is 2.33. The number of aromatic nitrogens is 3. The van der Waals surface area contributed by atoms with E-state index in [0.29, 0.717) is 18.7 Å². The first-order chi connectivity index (χ1) is 13.8. The maximum absolute atomic E-state index is 14.1. The molecule has 2 amide bonds. The van der Waals surface area contributed by atoms with Gasteiger partial charge in [-0.3, -0.25) is 9.59 Å². The molecule has 10 heteroatoms. The summed E-state index contributed by atoms with van der Waals surface area (Å²) in [5, 5.41) is 10.2. The molecule has 0 saturated carbocycles. The number of rotatable bonds is 7. The van der Waals surface area contributed by atoms with Gasteiger partial charge in [0.2, 0.25) is 0 Å². The van der Waals surface area contributed by atoms with Crippen LogP contribution in [0, 0.1) is 6.92 Å². The van der Waals surface area contributed by atoms with E-state index in [0.717, 1.165) is 5.56 Å². The number of carbonyl (C=O) groups is 2. The second-order valence-electron chi connectivity index (χ2n) is 7.09. The lowest BCUT2D eigenvalue weighted by Gasteiger charge is -2.24. The lowest BCUT2D eigenvalue weighted by atomic mass is 10.1. The first-order valence-electron chi connectivity index (χ1n) is 9.22. The van der Waals surface area contributed by atoms with E-state index < -0.39 is 36.7 Å². The molecule has 1 atom stereocenters. The number of nitrogens with zero attached hydrogens (tertiary/aromatic N) is 4. The van der Waals surface area contributed by atoms with Crippen LogP contribution in [0.4, 0.5) is 8.78 Å². The van der Waals surface area contributed by atoms with Gasteiger partial charge in [-0.15, -0.1) is 5.10 Å². The molecule has 1 aliphatic heterocycles. The first-order valence-corrected chi connectivity index (χ1v) is 9.22. The van der Waals surface area contributed by atoms with Gasteiger partial charge in [-0.25, -0.2) is 13.5 Å². The molecule has 0 unspecified atom stereocenters. The van der Waals surface area contributed by atoms with E-state index in [4.69, 9.17) is 4.74 Å². The highest BCUT2D eigenvalue weighted by molar-refractivity contribution is 5.95. The SMILES string of the molecule is COCCNC(=O)c1cn(C[C@@H]2CC(F)(F)CN2C(=O)c2cccc(C)c2)nn1. The topological polar surface area (TPSA) is 89.4 Å². The van der Waals surface area contributed by atoms with Gasteiger partial charge in [-0.05, 0) is 19.1 Å². The highest BCUT2D eigenvalue weighted by Gasteiger charge is 2.47. The Kier molecular flexibility index (Phi) is 6.21. The average molecular weight is 407 g/mol. The number of carbonyl (C=O) groups excluding carboxylic acids is 2. The minimum atomic E-state index is -2.98. The van der Waals surface area contributed by atoms with Crippen LogP contribution in [0.2, 0.25) is 0 Å². The van der Waals surface area contributed by atoms with E-state index in [-0.39, 0.29) is 12.2 Å². The number of hydrogen-bond donors (Lipinski definition) is 1. The minimum absolute atomic E-state index is 0.0193. The Hall–Kier alpha value is -2.88. The lowest BCUT2D eigenvalue weighted by molar-refractivity contribution is 0.0117. The summed E-state index contributed by atoms with van der Waals surface area (Å²) in [6.07, 6.45) is 0.910. The number of ether oxygens (including phenoxy) is 1. The molecule has 0 bridgehead atoms. The Morgan fingerprint density at radius 1 is 1.38 bits per heavy atom. The Morgan fingerprint density at radius 2 is 2.17 bits per heavy atom. The number of likely N-dealkylation sites (tertiary alicyclic amines) is 1. The quantitative estimate of drug-likeness (QED) is 0.703. The van der Waals surface area contributed by atoms with Gasteiger partial charge in [0.1, 0.15) is 0 Å². The molecule has 8 nitrogen and oxygen atoms in total. The third-order valence-corrected chi connectivity index (χ3v) is 4.66. The van der Waals surface area contributed by atoms with Crippen LogP contribution in [-0.2, 0) is 11.3 Å². The van der Waals surface area contributed by atoms with Crippen molar-refractivity contribution in [3.05, 3.63) is 47.3 Å². The largest absolute Gasteiger partial charge is 0.383 e. The van der Waals surface area contributed by atoms with E-state index in [2.05, 4.69) is 15.6 Å². The summed E-state index contributed by atoms with van der Waals surface area (Å²) in [5.41, 5.74) is 1.31. The third-order valence-electron chi connectivity index (χ3n) is 4.66. The second-order valence-corrected chi connectivity index (χ2v) is 7.09. The third kappa shape index (κ3) is 5.14. The van der Waals surface area contributed by atoms with Crippen molar-refractivity contribution < 1.29 is 23.1 Å². The number of amides is 2. The van der Waals surface area contributed by atoms with E-state index in [1.165, 1.54) is 22.9 Å². The molecule has 0 spiro atoms. The predicted octanol–water partition coefficient (Wildman–Crippen LogP) is 1.51. The van der Waals surface area contributed by atoms with Crippen LogP contribution in [0.5, 0.6) is 0 Å². The molecule has 1 aromatic heterocycles. The summed E-state index contributed by atoms with van der Waals surface area (Å²) < 4.78 is 34.4. The van der Waals surface area contributed by atoms with Gasteiger partial charge in [0.15, 0.2) is 5.69 Å². The normalized spacial score (nSPS) is 18.1. The molecule has 1 N–H and O–H groups in total. The van der Waals surface area contributed by atoms with E-state index in [1.54, 1.807) is 18.2 Å². The van der Waals surface area contributed by atoms with Crippen molar-refractivity contribution >= 4 is 11.8 Å². The molecule has 1 aromatic carbocycles. The number of methoxy groups -OCH3 is 1. The van der Waals surface area contributed by atoms with Gasteiger partial charge >= 0.3 is 0 Å². The Balaban J connectivity index is 1.71. The minimum Gasteiger partial charge on any atom is -0.383 e. The van der Waals surface area contributed by atoms with Crippen LogP contribution >= 0.6 is 0 Å². The molecule has 29 heavy (non-hydrogen) atoms. The Labute approximate surface area is 166 Å². The lowest BCUT2D eigenvalue weighted by Crippen LogP contribution is -2.38. The molecular formula is C19H23F2N5O3. The number of halogens is 2. The molecule has 0 aliphatic carbocycles. The molecule has 3 rings (SSSR count). The van der Waals surface area contributed by atoms with Crippen molar-refractivity contribution in [2.75, 3.05) is 26.8 Å². The fraction of sp³-hybridized carbons (Fsp3) is 0.474. The van der Waals surface area contributed by atoms with Crippen molar-refractivity contribution in [1.82, 2.24) is 25.2 Å². The standard InChI is InChI=1S/C19H23F2N5O3/c1-13-4-3-5-14(8-13)18(28)26-12-19(20,21)9-15(26)10-25-11-16(23-24-25)17(27)22-6-7-29-2/h3-5,8,11,15H,6-7,9-10,12H2,1-2H3,(H,22,27)/t15-/m0/s1. The molecule has 0 radical (unpaired) electrons. The van der Waals surface area contributed by atoms with Crippen LogP contribution in [0.1, 0.15) is 32.8 Å². The summed E-state index contributed by atoms with van der Waals surface area (Å²) in [7, 11) is 1.52. The van der Waals surface area contributed by atoms with Crippen LogP contribution < -0.4 is 5.32 Å². The van der Waals surface area contributed by atoms with Crippen molar-refractivity contribution in [2.45, 2.75) is 31.9 Å². The molecule has 1 fully saturated rings. The summed E-state index contributed by atoms with van der Waals surface area (Å²) in [6.45, 7) is 1.87. The molecule has 156 valence electrons. The number of nitrogens with one attached hydrogen (secondary N) is 1. The number of aryl methyl sites for hydroxylation is 1. The van der Waals surface area contributed by atoms with Gasteiger partial charge in [0.05, 0.1) is 31.9 Å². The number of hydrogen-bond acceptors (Lipinski definition) is 5. The van der Waals surface area contributed by atoms with Crippen LogP contribution in [-0.4, -0.2) is 70.5 Å². The molecule has 1 aliphatic rings. The van der Waals surface area contributed by atoms with E-state index >= 15 is 0 Å². The van der Waals surface area contributed by atoms with Crippen molar-refractivity contribution in [3.63, 3.8) is 0 Å². The van der Waals surface area contributed by atoms with Gasteiger partial charge in [-0.2, -0.15) is 0 Å². The average Bonchev–Trinajstić information content (AvgIpc) is 3.25. The molecular weight excluding hydrogens is 384 g/mol. The summed E-state index contributed by atoms with van der Waals surface area (Å²) in [5.74, 6) is -3.86. The Bertz CT molecular complexity index is 886. The maximum atomic E-state index is 14.1. The molecule has 2 heterocycles. The zero-order valence-electron chi connectivity index (χ0n) is 16.3. The van der Waals surface area contributed by atoms with Gasteiger partial charge < -0.3 is 15.0 Å². The zero-order valence-corrected chi connectivity index (χ0v) is 16.3. The maximum Gasteiger partial charge on any atom is 0.273 e. The summed E-state index contributed by atoms with van der Waals surface area (Å²) in [4.78, 5) is 26.0. The fourth-order valence-electron chi connectivity index (χ4n) is 3.31. The number of alkyl halides is 2. The Morgan fingerprint density at radius 3 is 2.90 bits per heavy atom. The highest BCUT2D eigenvalue weighted by atomic mass is 19.3. The summed E-state index contributed by atoms with van der Waals surface area (Å²) in [6, 6.07) is 6.08. The van der Waals surface area contributed by atoms with Gasteiger partial charge in [-0.1, -0.05) is 22.9 Å². The van der Waals surface area contributed by atoms with Crippen molar-refractivity contribution in [2.24, 2.45) is 0 Å². The predicted molar refractivity (Wildman–Crippen MR) is 99.8 cm³/mol. The van der Waals surface area contributed by atoms with Crippen LogP contribution in [0.15, 0.2) is 30.5 Å². The van der Waals surface area contributed by atoms with Crippen LogP contribution in [0.25, 0.3) is 0 Å². The van der Waals surface area contributed by atoms with Crippen molar-refractivity contribution in [1.29, 1.82) is 0 Å². The van der Waals surface area contributed by atoms with E-state index in [9.17, 15) is 18.4 Å². The first kappa shape index (κ1) is 20.8. The van der Waals surface area contributed by atoms with Crippen molar-refractivity contribution in [3.8, 4) is 0 Å². The van der Waals surface area contributed by atoms with Gasteiger partial charge in [0.25, 0.3) is 17.7 Å². The second kappa shape index (κ2) is 8.64. The molecule has 2 aromatic rings. The van der Waals surface area contributed by atoms with Gasteiger partial charge in [0, 0.05) is 25.6 Å². The fourth-order valence-corrected chi connectivity index (χ4v) is 3.31. The zero-order chi connectivity index (χ0) is 21.0.